The van der Waals surface area contributed by atoms with Crippen molar-refractivity contribution in [2.75, 3.05) is 0 Å². The first kappa shape index (κ1) is 12.8. The van der Waals surface area contributed by atoms with Crippen LogP contribution in [0.2, 0.25) is 0 Å². The summed E-state index contributed by atoms with van der Waals surface area (Å²) in [4.78, 5) is 0. The van der Waals surface area contributed by atoms with Crippen LogP contribution in [0.3, 0.4) is 0 Å². The van der Waals surface area contributed by atoms with Gasteiger partial charge in [-0.25, -0.2) is 0 Å². The predicted molar refractivity (Wildman–Crippen MR) is 73.0 cm³/mol. The Morgan fingerprint density at radius 3 is 1.50 bits per heavy atom. The molecule has 0 nitrogen and oxygen atoms in total. The van der Waals surface area contributed by atoms with Crippen molar-refractivity contribution < 1.29 is 0 Å². The van der Waals surface area contributed by atoms with Crippen LogP contribution in [0.4, 0.5) is 0 Å². The zero-order chi connectivity index (χ0) is 12.0. The van der Waals surface area contributed by atoms with Crippen molar-refractivity contribution in [3.05, 3.63) is 59.7 Å². The Morgan fingerprint density at radius 2 is 1.25 bits per heavy atom. The van der Waals surface area contributed by atoms with E-state index in [1.807, 2.05) is 12.2 Å². The fourth-order valence-corrected chi connectivity index (χ4v) is 2.36. The smallest absolute Gasteiger partial charge is 0.00973 e. The van der Waals surface area contributed by atoms with Gasteiger partial charge in [-0.1, -0.05) is 38.1 Å². The highest BCUT2D eigenvalue weighted by Crippen LogP contribution is 2.22. The minimum Gasteiger partial charge on any atom is -0.103 e. The molecule has 1 rings (SSSR count). The molecule has 0 bridgehead atoms. The van der Waals surface area contributed by atoms with Gasteiger partial charge in [0.2, 0.25) is 0 Å². The normalized spacial score (nSPS) is 10.1. The summed E-state index contributed by atoms with van der Waals surface area (Å²) in [6.07, 6.45) is 8.14. The Hall–Kier alpha value is -1.30. The first-order valence-corrected chi connectivity index (χ1v) is 6.12. The van der Waals surface area contributed by atoms with Crippen molar-refractivity contribution in [3.8, 4) is 0 Å². The Kier molecular flexibility index (Phi) is 5.04. The average molecular weight is 214 g/mol. The lowest BCUT2D eigenvalue weighted by Crippen LogP contribution is -2.02. The van der Waals surface area contributed by atoms with Gasteiger partial charge in [0, 0.05) is 0 Å². The molecule has 0 aliphatic rings. The maximum absolute atomic E-state index is 3.83. The second-order valence-electron chi connectivity index (χ2n) is 4.03. The Morgan fingerprint density at radius 1 is 0.875 bits per heavy atom. The standard InChI is InChI=1S/C16H22/c1-5-9-13-11-12-14(10-6-2)16(8-4)15(13)7-3/h5-6,11-12H,1-2,7-10H2,3-4H3. The van der Waals surface area contributed by atoms with Crippen molar-refractivity contribution >= 4 is 0 Å². The van der Waals surface area contributed by atoms with Gasteiger partial charge >= 0.3 is 0 Å². The third kappa shape index (κ3) is 2.63. The fourth-order valence-electron chi connectivity index (χ4n) is 2.36. The van der Waals surface area contributed by atoms with Crippen LogP contribution in [0.5, 0.6) is 0 Å². The van der Waals surface area contributed by atoms with Crippen LogP contribution >= 0.6 is 0 Å². The Labute approximate surface area is 99.7 Å². The molecule has 0 atom stereocenters. The van der Waals surface area contributed by atoms with Crippen LogP contribution < -0.4 is 0 Å². The highest BCUT2D eigenvalue weighted by Gasteiger charge is 2.08. The van der Waals surface area contributed by atoms with Gasteiger partial charge in [-0.05, 0) is 47.9 Å². The lowest BCUT2D eigenvalue weighted by Gasteiger charge is -2.15. The molecule has 16 heavy (non-hydrogen) atoms. The summed E-state index contributed by atoms with van der Waals surface area (Å²) in [6, 6.07) is 4.50. The van der Waals surface area contributed by atoms with E-state index in [4.69, 9.17) is 0 Å². The van der Waals surface area contributed by atoms with Crippen LogP contribution in [0, 0.1) is 0 Å². The van der Waals surface area contributed by atoms with Crippen molar-refractivity contribution in [3.63, 3.8) is 0 Å². The molecule has 1 aromatic rings. The second-order valence-corrected chi connectivity index (χ2v) is 4.03. The molecule has 0 heterocycles. The van der Waals surface area contributed by atoms with E-state index in [1.54, 1.807) is 0 Å². The van der Waals surface area contributed by atoms with Crippen molar-refractivity contribution in [1.29, 1.82) is 0 Å². The largest absolute Gasteiger partial charge is 0.103 e. The summed E-state index contributed by atoms with van der Waals surface area (Å²) in [5.41, 5.74) is 5.90. The topological polar surface area (TPSA) is 0 Å². The van der Waals surface area contributed by atoms with E-state index in [1.165, 1.54) is 22.3 Å². The molecule has 1 aromatic carbocycles. The molecular formula is C16H22. The third-order valence-corrected chi connectivity index (χ3v) is 3.06. The lowest BCUT2D eigenvalue weighted by atomic mass is 9.90. The van der Waals surface area contributed by atoms with E-state index in [0.29, 0.717) is 0 Å². The summed E-state index contributed by atoms with van der Waals surface area (Å²) in [6.45, 7) is 12.1. The van der Waals surface area contributed by atoms with Crippen LogP contribution in [0.1, 0.15) is 36.1 Å². The quantitative estimate of drug-likeness (QED) is 0.620. The monoisotopic (exact) mass is 214 g/mol. The molecule has 0 heteroatoms. The molecule has 0 N–H and O–H groups in total. The zero-order valence-electron chi connectivity index (χ0n) is 10.6. The summed E-state index contributed by atoms with van der Waals surface area (Å²) in [5.74, 6) is 0. The van der Waals surface area contributed by atoms with E-state index in [9.17, 15) is 0 Å². The van der Waals surface area contributed by atoms with Crippen LogP contribution in [-0.2, 0) is 25.7 Å². The van der Waals surface area contributed by atoms with Crippen molar-refractivity contribution in [1.82, 2.24) is 0 Å². The van der Waals surface area contributed by atoms with Gasteiger partial charge in [0.05, 0.1) is 0 Å². The van der Waals surface area contributed by atoms with Gasteiger partial charge in [0.25, 0.3) is 0 Å². The molecule has 0 amide bonds. The maximum atomic E-state index is 3.83. The van der Waals surface area contributed by atoms with E-state index in [0.717, 1.165) is 25.7 Å². The highest BCUT2D eigenvalue weighted by atomic mass is 14.1. The highest BCUT2D eigenvalue weighted by molar-refractivity contribution is 5.43. The molecule has 0 fully saturated rings. The van der Waals surface area contributed by atoms with Gasteiger partial charge in [0.1, 0.15) is 0 Å². The molecule has 0 radical (unpaired) electrons. The molecule has 86 valence electrons. The summed E-state index contributed by atoms with van der Waals surface area (Å²) in [5, 5.41) is 0. The molecule has 0 unspecified atom stereocenters. The number of hydrogen-bond donors (Lipinski definition) is 0. The molecule has 0 saturated heterocycles. The van der Waals surface area contributed by atoms with E-state index in [2.05, 4.69) is 39.1 Å². The first-order chi connectivity index (χ1) is 7.78. The molecule has 0 spiro atoms. The second kappa shape index (κ2) is 6.32. The van der Waals surface area contributed by atoms with Crippen molar-refractivity contribution in [2.24, 2.45) is 0 Å². The Bertz CT molecular complexity index is 335. The van der Waals surface area contributed by atoms with Gasteiger partial charge in [-0.15, -0.1) is 13.2 Å². The van der Waals surface area contributed by atoms with Gasteiger partial charge < -0.3 is 0 Å². The molecule has 0 aromatic heterocycles. The molecule has 0 aliphatic heterocycles. The van der Waals surface area contributed by atoms with Crippen LogP contribution in [0.15, 0.2) is 37.4 Å². The van der Waals surface area contributed by atoms with E-state index < -0.39 is 0 Å². The summed E-state index contributed by atoms with van der Waals surface area (Å²) >= 11 is 0. The van der Waals surface area contributed by atoms with E-state index >= 15 is 0 Å². The molecule has 0 saturated carbocycles. The van der Waals surface area contributed by atoms with Gasteiger partial charge in [-0.2, -0.15) is 0 Å². The van der Waals surface area contributed by atoms with E-state index in [-0.39, 0.29) is 0 Å². The van der Waals surface area contributed by atoms with Gasteiger partial charge in [-0.3, -0.25) is 0 Å². The minimum absolute atomic E-state index is 0.977. The SMILES string of the molecule is C=CCc1ccc(CC=C)c(CC)c1CC. The lowest BCUT2D eigenvalue weighted by molar-refractivity contribution is 0.974. The van der Waals surface area contributed by atoms with Crippen molar-refractivity contribution in [2.45, 2.75) is 39.5 Å². The van der Waals surface area contributed by atoms with Gasteiger partial charge in [0.15, 0.2) is 0 Å². The first-order valence-electron chi connectivity index (χ1n) is 6.12. The third-order valence-electron chi connectivity index (χ3n) is 3.06. The summed E-state index contributed by atoms with van der Waals surface area (Å²) < 4.78 is 0. The van der Waals surface area contributed by atoms with Crippen LogP contribution in [-0.4, -0.2) is 0 Å². The molecular weight excluding hydrogens is 192 g/mol. The summed E-state index contributed by atoms with van der Waals surface area (Å²) in [7, 11) is 0. The average Bonchev–Trinajstić information content (AvgIpc) is 2.31. The predicted octanol–water partition coefficient (Wildman–Crippen LogP) is 4.27. The minimum atomic E-state index is 0.977. The zero-order valence-corrected chi connectivity index (χ0v) is 10.6. The number of hydrogen-bond acceptors (Lipinski definition) is 0. The fraction of sp³-hybridized carbons (Fsp3) is 0.375. The maximum Gasteiger partial charge on any atom is -0.00973 e. The number of benzene rings is 1. The number of allylic oxidation sites excluding steroid dienone is 2. The molecule has 0 aliphatic carbocycles. The van der Waals surface area contributed by atoms with Crippen LogP contribution in [0.25, 0.3) is 0 Å². The number of rotatable bonds is 6. The Balaban J connectivity index is 3.26.